The van der Waals surface area contributed by atoms with Crippen LogP contribution in [-0.4, -0.2) is 22.0 Å². The molecular formula is C12H13BrN4. The highest BCUT2D eigenvalue weighted by Gasteiger charge is 2.08. The molecule has 0 unspecified atom stereocenters. The van der Waals surface area contributed by atoms with E-state index in [1.165, 1.54) is 0 Å². The van der Waals surface area contributed by atoms with Crippen LogP contribution in [0.2, 0.25) is 0 Å². The first-order valence-corrected chi connectivity index (χ1v) is 6.05. The largest absolute Gasteiger partial charge is 0.306 e. The molecule has 2 N–H and O–H groups in total. The standard InChI is InChI=1S/C12H13BrN4/c1-9(13)7-14-8-11-12(16-17-15-11)10-5-3-2-4-6-10/h2-6,14H,1,7-8H2,(H,15,16,17). The number of halogens is 1. The molecule has 1 aromatic carbocycles. The normalized spacial score (nSPS) is 10.4. The van der Waals surface area contributed by atoms with Crippen molar-refractivity contribution in [1.29, 1.82) is 0 Å². The third kappa shape index (κ3) is 3.25. The Morgan fingerprint density at radius 3 is 2.76 bits per heavy atom. The number of nitrogens with one attached hydrogen (secondary N) is 2. The Labute approximate surface area is 108 Å². The van der Waals surface area contributed by atoms with Gasteiger partial charge in [-0.3, -0.25) is 0 Å². The molecule has 1 heterocycles. The molecule has 0 spiro atoms. The summed E-state index contributed by atoms with van der Waals surface area (Å²) >= 11 is 3.30. The third-order valence-corrected chi connectivity index (χ3v) is 2.56. The fourth-order valence-corrected chi connectivity index (χ4v) is 1.72. The van der Waals surface area contributed by atoms with Gasteiger partial charge in [-0.1, -0.05) is 52.8 Å². The molecule has 4 nitrogen and oxygen atoms in total. The Bertz CT molecular complexity index is 492. The summed E-state index contributed by atoms with van der Waals surface area (Å²) < 4.78 is 0.919. The van der Waals surface area contributed by atoms with Crippen molar-refractivity contribution >= 4 is 15.9 Å². The van der Waals surface area contributed by atoms with Gasteiger partial charge in [-0.25, -0.2) is 0 Å². The molecule has 0 saturated heterocycles. The van der Waals surface area contributed by atoms with Crippen LogP contribution in [0.25, 0.3) is 11.3 Å². The van der Waals surface area contributed by atoms with Crippen LogP contribution in [0.5, 0.6) is 0 Å². The first-order valence-electron chi connectivity index (χ1n) is 5.26. The Balaban J connectivity index is 2.10. The maximum absolute atomic E-state index is 4.17. The number of hydrogen-bond donors (Lipinski definition) is 2. The maximum atomic E-state index is 4.17. The summed E-state index contributed by atoms with van der Waals surface area (Å²) in [7, 11) is 0. The van der Waals surface area contributed by atoms with E-state index in [4.69, 9.17) is 0 Å². The van der Waals surface area contributed by atoms with Gasteiger partial charge in [-0.2, -0.15) is 15.4 Å². The van der Waals surface area contributed by atoms with Crippen molar-refractivity contribution in [2.24, 2.45) is 0 Å². The Morgan fingerprint density at radius 2 is 2.06 bits per heavy atom. The van der Waals surface area contributed by atoms with Gasteiger partial charge in [0, 0.05) is 23.1 Å². The highest BCUT2D eigenvalue weighted by Crippen LogP contribution is 2.18. The van der Waals surface area contributed by atoms with Crippen LogP contribution in [0.15, 0.2) is 41.4 Å². The van der Waals surface area contributed by atoms with Crippen molar-refractivity contribution in [2.45, 2.75) is 6.54 Å². The molecule has 1 aromatic heterocycles. The fourth-order valence-electron chi connectivity index (χ4n) is 1.52. The van der Waals surface area contributed by atoms with Gasteiger partial charge < -0.3 is 5.32 Å². The van der Waals surface area contributed by atoms with Gasteiger partial charge in [0.25, 0.3) is 0 Å². The van der Waals surface area contributed by atoms with E-state index >= 15 is 0 Å². The van der Waals surface area contributed by atoms with Crippen molar-refractivity contribution in [1.82, 2.24) is 20.7 Å². The minimum Gasteiger partial charge on any atom is -0.306 e. The quantitative estimate of drug-likeness (QED) is 0.890. The van der Waals surface area contributed by atoms with Gasteiger partial charge in [0.1, 0.15) is 11.4 Å². The SMILES string of the molecule is C=C(Br)CNCc1n[nH]nc1-c1ccccc1. The zero-order valence-electron chi connectivity index (χ0n) is 9.28. The van der Waals surface area contributed by atoms with Crippen molar-refractivity contribution in [2.75, 3.05) is 6.54 Å². The lowest BCUT2D eigenvalue weighted by atomic mass is 10.1. The first kappa shape index (κ1) is 12.0. The van der Waals surface area contributed by atoms with Crippen LogP contribution in [0.4, 0.5) is 0 Å². The summed E-state index contributed by atoms with van der Waals surface area (Å²) in [5.41, 5.74) is 2.86. The molecule has 0 aliphatic heterocycles. The third-order valence-electron chi connectivity index (χ3n) is 2.28. The lowest BCUT2D eigenvalue weighted by Crippen LogP contribution is -2.15. The van der Waals surface area contributed by atoms with Gasteiger partial charge in [-0.05, 0) is 0 Å². The lowest BCUT2D eigenvalue weighted by Gasteiger charge is -2.02. The number of rotatable bonds is 5. The molecule has 17 heavy (non-hydrogen) atoms. The average molecular weight is 293 g/mol. The van der Waals surface area contributed by atoms with Gasteiger partial charge in [-0.15, -0.1) is 0 Å². The monoisotopic (exact) mass is 292 g/mol. The summed E-state index contributed by atoms with van der Waals surface area (Å²) in [5.74, 6) is 0. The van der Waals surface area contributed by atoms with E-state index < -0.39 is 0 Å². The lowest BCUT2D eigenvalue weighted by molar-refractivity contribution is 0.733. The van der Waals surface area contributed by atoms with Crippen molar-refractivity contribution < 1.29 is 0 Å². The van der Waals surface area contributed by atoms with Crippen LogP contribution in [-0.2, 0) is 6.54 Å². The highest BCUT2D eigenvalue weighted by atomic mass is 79.9. The molecule has 0 saturated carbocycles. The van der Waals surface area contributed by atoms with Crippen LogP contribution in [0.3, 0.4) is 0 Å². The van der Waals surface area contributed by atoms with E-state index in [-0.39, 0.29) is 0 Å². The Kier molecular flexibility index (Phi) is 4.06. The maximum Gasteiger partial charge on any atom is 0.117 e. The molecule has 0 atom stereocenters. The van der Waals surface area contributed by atoms with Crippen LogP contribution in [0, 0.1) is 0 Å². The zero-order valence-corrected chi connectivity index (χ0v) is 10.9. The first-order chi connectivity index (χ1) is 8.27. The minimum atomic E-state index is 0.658. The number of H-pyrrole nitrogens is 1. The smallest absolute Gasteiger partial charge is 0.117 e. The van der Waals surface area contributed by atoms with Gasteiger partial charge in [0.05, 0.1) is 0 Å². The molecule has 0 amide bonds. The molecule has 0 fully saturated rings. The van der Waals surface area contributed by atoms with Gasteiger partial charge >= 0.3 is 0 Å². The fraction of sp³-hybridized carbons (Fsp3) is 0.167. The highest BCUT2D eigenvalue weighted by molar-refractivity contribution is 9.11. The number of aromatic amines is 1. The molecule has 0 aliphatic rings. The van der Waals surface area contributed by atoms with E-state index in [1.807, 2.05) is 30.3 Å². The minimum absolute atomic E-state index is 0.658. The molecule has 0 aliphatic carbocycles. The van der Waals surface area contributed by atoms with Crippen molar-refractivity contribution in [3.8, 4) is 11.3 Å². The molecule has 88 valence electrons. The van der Waals surface area contributed by atoms with Crippen molar-refractivity contribution in [3.05, 3.63) is 47.1 Å². The number of aromatic nitrogens is 3. The summed E-state index contributed by atoms with van der Waals surface area (Å²) in [6.45, 7) is 5.13. The van der Waals surface area contributed by atoms with Crippen LogP contribution < -0.4 is 5.32 Å². The second-order valence-corrected chi connectivity index (χ2v) is 4.73. The van der Waals surface area contributed by atoms with E-state index in [9.17, 15) is 0 Å². The summed E-state index contributed by atoms with van der Waals surface area (Å²) in [6, 6.07) is 10.00. The predicted octanol–water partition coefficient (Wildman–Crippen LogP) is 2.47. The number of hydrogen-bond acceptors (Lipinski definition) is 3. The summed E-state index contributed by atoms with van der Waals surface area (Å²) in [6.07, 6.45) is 0. The Morgan fingerprint density at radius 1 is 1.29 bits per heavy atom. The molecular weight excluding hydrogens is 280 g/mol. The van der Waals surface area contributed by atoms with E-state index in [0.717, 1.165) is 21.4 Å². The van der Waals surface area contributed by atoms with Gasteiger partial charge in [0.15, 0.2) is 0 Å². The van der Waals surface area contributed by atoms with Crippen molar-refractivity contribution in [3.63, 3.8) is 0 Å². The van der Waals surface area contributed by atoms with E-state index in [0.29, 0.717) is 13.1 Å². The molecule has 2 rings (SSSR count). The molecule has 5 heteroatoms. The Hall–Kier alpha value is -1.46. The predicted molar refractivity (Wildman–Crippen MR) is 71.6 cm³/mol. The second kappa shape index (κ2) is 5.75. The second-order valence-electron chi connectivity index (χ2n) is 3.61. The summed E-state index contributed by atoms with van der Waals surface area (Å²) in [4.78, 5) is 0. The number of nitrogens with zero attached hydrogens (tertiary/aromatic N) is 2. The van der Waals surface area contributed by atoms with E-state index in [1.54, 1.807) is 0 Å². The van der Waals surface area contributed by atoms with E-state index in [2.05, 4.69) is 43.2 Å². The molecule has 0 radical (unpaired) electrons. The van der Waals surface area contributed by atoms with Crippen LogP contribution in [0.1, 0.15) is 5.69 Å². The number of benzene rings is 1. The van der Waals surface area contributed by atoms with Gasteiger partial charge in [0.2, 0.25) is 0 Å². The molecule has 0 bridgehead atoms. The molecule has 2 aromatic rings. The average Bonchev–Trinajstić information content (AvgIpc) is 2.78. The topological polar surface area (TPSA) is 53.6 Å². The zero-order chi connectivity index (χ0) is 12.1. The van der Waals surface area contributed by atoms with Crippen LogP contribution >= 0.6 is 15.9 Å². The summed E-state index contributed by atoms with van der Waals surface area (Å²) in [5, 5.41) is 14.2.